The third-order valence-electron chi connectivity index (χ3n) is 4.38. The minimum Gasteiger partial charge on any atom is -0.507 e. The van der Waals surface area contributed by atoms with E-state index in [4.69, 9.17) is 0 Å². The number of carbonyl (C=O) groups excluding carboxylic acids is 2. The van der Waals surface area contributed by atoms with Crippen LogP contribution in [0.1, 0.15) is 37.4 Å². The van der Waals surface area contributed by atoms with Crippen molar-refractivity contribution in [1.29, 1.82) is 0 Å². The smallest absolute Gasteiger partial charge is 0.198 e. The van der Waals surface area contributed by atoms with Gasteiger partial charge in [0.15, 0.2) is 11.6 Å². The Hall–Kier alpha value is -2.44. The summed E-state index contributed by atoms with van der Waals surface area (Å²) >= 11 is 5.88. The van der Waals surface area contributed by atoms with Crippen molar-refractivity contribution in [3.05, 3.63) is 88.5 Å². The Balaban J connectivity index is 0.000000707. The van der Waals surface area contributed by atoms with Gasteiger partial charge in [-0.05, 0) is 42.9 Å². The summed E-state index contributed by atoms with van der Waals surface area (Å²) in [5.74, 6) is 2.84. The Bertz CT molecular complexity index is 1030. The Kier molecular flexibility index (Phi) is 8.17. The standard InChI is InChI=1S/C21H15NO3.2CH3Br/c1-12-6-8-13(9-7-12)22-16-10-11-17(23)19-18(16)20(24)14-4-2-3-5-15(14)21(19)25;2*1-2/h2-11,22-23H,1H3;2*1H3. The van der Waals surface area contributed by atoms with Gasteiger partial charge in [0.25, 0.3) is 0 Å². The highest BCUT2D eigenvalue weighted by Crippen LogP contribution is 2.37. The van der Waals surface area contributed by atoms with Gasteiger partial charge in [-0.25, -0.2) is 0 Å². The molecule has 2 N–H and O–H groups in total. The summed E-state index contributed by atoms with van der Waals surface area (Å²) in [5, 5.41) is 13.4. The van der Waals surface area contributed by atoms with Crippen molar-refractivity contribution < 1.29 is 14.7 Å². The number of phenolic OH excluding ortho intramolecular Hbond substituents is 1. The highest BCUT2D eigenvalue weighted by atomic mass is 79.9. The Morgan fingerprint density at radius 1 is 0.724 bits per heavy atom. The molecule has 0 saturated carbocycles. The molecule has 0 atom stereocenters. The van der Waals surface area contributed by atoms with Crippen molar-refractivity contribution in [2.24, 2.45) is 0 Å². The Labute approximate surface area is 187 Å². The first-order valence-corrected chi connectivity index (χ1v) is 11.9. The summed E-state index contributed by atoms with van der Waals surface area (Å²) in [5.41, 5.74) is 3.38. The fraction of sp³-hybridized carbons (Fsp3) is 0.130. The molecule has 0 spiro atoms. The third-order valence-corrected chi connectivity index (χ3v) is 4.38. The van der Waals surface area contributed by atoms with Crippen LogP contribution in [0.15, 0.2) is 60.7 Å². The van der Waals surface area contributed by atoms with E-state index in [-0.39, 0.29) is 28.4 Å². The molecule has 0 amide bonds. The lowest BCUT2D eigenvalue weighted by Crippen LogP contribution is -2.22. The second-order valence-electron chi connectivity index (χ2n) is 6.08. The molecule has 29 heavy (non-hydrogen) atoms. The molecule has 0 bridgehead atoms. The summed E-state index contributed by atoms with van der Waals surface area (Å²) in [7, 11) is 0. The van der Waals surface area contributed by atoms with Gasteiger partial charge in [0.1, 0.15) is 5.75 Å². The topological polar surface area (TPSA) is 66.4 Å². The van der Waals surface area contributed by atoms with Crippen molar-refractivity contribution in [3.8, 4) is 5.75 Å². The van der Waals surface area contributed by atoms with Crippen LogP contribution in [-0.4, -0.2) is 28.3 Å². The molecule has 4 rings (SSSR count). The van der Waals surface area contributed by atoms with Gasteiger partial charge in [-0.1, -0.05) is 73.8 Å². The number of aryl methyl sites for hydroxylation is 1. The van der Waals surface area contributed by atoms with E-state index in [1.54, 1.807) is 30.3 Å². The van der Waals surface area contributed by atoms with Crippen LogP contribution in [0.25, 0.3) is 0 Å². The van der Waals surface area contributed by atoms with Gasteiger partial charge < -0.3 is 10.4 Å². The van der Waals surface area contributed by atoms with Crippen LogP contribution < -0.4 is 5.32 Å². The van der Waals surface area contributed by atoms with Gasteiger partial charge in [0, 0.05) is 16.8 Å². The van der Waals surface area contributed by atoms with Gasteiger partial charge in [-0.3, -0.25) is 9.59 Å². The molecule has 0 fully saturated rings. The van der Waals surface area contributed by atoms with Crippen LogP contribution in [0.3, 0.4) is 0 Å². The van der Waals surface area contributed by atoms with Crippen LogP contribution in [0.2, 0.25) is 0 Å². The zero-order valence-electron chi connectivity index (χ0n) is 16.3. The molecule has 1 aliphatic carbocycles. The molecule has 0 radical (unpaired) electrons. The van der Waals surface area contributed by atoms with E-state index in [1.165, 1.54) is 6.07 Å². The normalized spacial score (nSPS) is 11.2. The second-order valence-corrected chi connectivity index (χ2v) is 6.08. The number of hydrogen-bond acceptors (Lipinski definition) is 4. The lowest BCUT2D eigenvalue weighted by atomic mass is 9.82. The quantitative estimate of drug-likeness (QED) is 0.243. The highest BCUT2D eigenvalue weighted by molar-refractivity contribution is 9.09. The zero-order chi connectivity index (χ0) is 21.6. The number of anilines is 2. The Morgan fingerprint density at radius 2 is 1.24 bits per heavy atom. The minimum atomic E-state index is -0.338. The number of ketones is 2. The summed E-state index contributed by atoms with van der Waals surface area (Å²) < 4.78 is 0. The number of rotatable bonds is 2. The number of carbonyl (C=O) groups is 2. The first-order valence-electron chi connectivity index (χ1n) is 8.70. The highest BCUT2D eigenvalue weighted by Gasteiger charge is 2.33. The molecule has 0 heterocycles. The fourth-order valence-corrected chi connectivity index (χ4v) is 3.10. The average Bonchev–Trinajstić information content (AvgIpc) is 2.77. The van der Waals surface area contributed by atoms with E-state index in [0.29, 0.717) is 16.8 Å². The molecule has 3 aromatic rings. The molecule has 4 nitrogen and oxygen atoms in total. The number of alkyl halides is 2. The van der Waals surface area contributed by atoms with Crippen molar-refractivity contribution in [3.63, 3.8) is 0 Å². The van der Waals surface area contributed by atoms with Crippen molar-refractivity contribution in [2.75, 3.05) is 17.0 Å². The van der Waals surface area contributed by atoms with Crippen LogP contribution in [-0.2, 0) is 0 Å². The minimum absolute atomic E-state index is 0.0563. The summed E-state index contributed by atoms with van der Waals surface area (Å²) in [6.45, 7) is 1.99. The average molecular weight is 519 g/mol. The largest absolute Gasteiger partial charge is 0.507 e. The molecule has 0 unspecified atom stereocenters. The summed E-state index contributed by atoms with van der Waals surface area (Å²) in [6.07, 6.45) is 0. The second kappa shape index (κ2) is 10.4. The number of aromatic hydroxyl groups is 1. The van der Waals surface area contributed by atoms with Gasteiger partial charge in [0.05, 0.1) is 16.8 Å². The monoisotopic (exact) mass is 517 g/mol. The van der Waals surface area contributed by atoms with E-state index in [0.717, 1.165) is 11.3 Å². The Morgan fingerprint density at radius 3 is 1.79 bits per heavy atom. The summed E-state index contributed by atoms with van der Waals surface area (Å²) in [4.78, 5) is 25.8. The van der Waals surface area contributed by atoms with E-state index in [1.807, 2.05) is 42.9 Å². The van der Waals surface area contributed by atoms with Crippen LogP contribution in [0.4, 0.5) is 11.4 Å². The lowest BCUT2D eigenvalue weighted by molar-refractivity contribution is 0.0977. The van der Waals surface area contributed by atoms with Crippen molar-refractivity contribution in [2.45, 2.75) is 6.92 Å². The van der Waals surface area contributed by atoms with E-state index in [9.17, 15) is 14.7 Å². The number of hydrogen-bond donors (Lipinski definition) is 2. The first kappa shape index (κ1) is 22.8. The molecule has 0 saturated heterocycles. The molecular weight excluding hydrogens is 498 g/mol. The molecule has 0 aliphatic heterocycles. The molecule has 0 aromatic heterocycles. The maximum absolute atomic E-state index is 13.0. The van der Waals surface area contributed by atoms with Gasteiger partial charge in [0.2, 0.25) is 0 Å². The van der Waals surface area contributed by atoms with Crippen LogP contribution in [0, 0.1) is 6.92 Å². The number of phenols is 1. The third kappa shape index (κ3) is 4.60. The van der Waals surface area contributed by atoms with Crippen molar-refractivity contribution in [1.82, 2.24) is 0 Å². The number of halogens is 2. The van der Waals surface area contributed by atoms with E-state index in [2.05, 4.69) is 37.2 Å². The van der Waals surface area contributed by atoms with Gasteiger partial charge in [-0.2, -0.15) is 0 Å². The number of fused-ring (bicyclic) bond motifs is 2. The maximum Gasteiger partial charge on any atom is 0.198 e. The molecule has 150 valence electrons. The predicted molar refractivity (Wildman–Crippen MR) is 126 cm³/mol. The predicted octanol–water partition coefficient (Wildman–Crippen LogP) is 6.24. The van der Waals surface area contributed by atoms with E-state index < -0.39 is 0 Å². The SMILES string of the molecule is CBr.CBr.Cc1ccc(Nc2ccc(O)c3c2C(=O)c2ccccc2C3=O)cc1. The van der Waals surface area contributed by atoms with Crippen LogP contribution in [0.5, 0.6) is 5.75 Å². The number of benzene rings is 3. The maximum atomic E-state index is 13.0. The molecule has 1 aliphatic rings. The first-order chi connectivity index (χ1) is 14.1. The lowest BCUT2D eigenvalue weighted by Gasteiger charge is -2.21. The molecular formula is C23H21Br2NO3. The zero-order valence-corrected chi connectivity index (χ0v) is 19.5. The molecule has 3 aromatic carbocycles. The van der Waals surface area contributed by atoms with Crippen molar-refractivity contribution >= 4 is 54.8 Å². The summed E-state index contributed by atoms with van der Waals surface area (Å²) in [6, 6.07) is 17.5. The van der Waals surface area contributed by atoms with Gasteiger partial charge in [-0.15, -0.1) is 0 Å². The molecule has 6 heteroatoms. The van der Waals surface area contributed by atoms with E-state index >= 15 is 0 Å². The number of nitrogens with one attached hydrogen (secondary N) is 1. The fourth-order valence-electron chi connectivity index (χ4n) is 3.10. The van der Waals surface area contributed by atoms with Gasteiger partial charge >= 0.3 is 0 Å². The van der Waals surface area contributed by atoms with Crippen LogP contribution >= 0.6 is 31.9 Å².